The minimum atomic E-state index is -3.13. The average Bonchev–Trinajstić information content (AvgIpc) is 3.05. The molecule has 2 aromatic rings. The third-order valence-corrected chi connectivity index (χ3v) is 5.61. The fourth-order valence-corrected chi connectivity index (χ4v) is 3.93. The van der Waals surface area contributed by atoms with Gasteiger partial charge in [-0.05, 0) is 19.4 Å². The van der Waals surface area contributed by atoms with Crippen molar-refractivity contribution in [2.24, 2.45) is 0 Å². The summed E-state index contributed by atoms with van der Waals surface area (Å²) in [6.45, 7) is 6.21. The van der Waals surface area contributed by atoms with Crippen molar-refractivity contribution in [2.75, 3.05) is 26.2 Å². The second-order valence-electron chi connectivity index (χ2n) is 7.40. The maximum atomic E-state index is 13.4. The highest BCUT2D eigenvalue weighted by molar-refractivity contribution is 6.32. The molecule has 1 amide bonds. The van der Waals surface area contributed by atoms with Crippen LogP contribution in [0.3, 0.4) is 0 Å². The molecule has 0 saturated carbocycles. The summed E-state index contributed by atoms with van der Waals surface area (Å²) in [5, 5.41) is 2.73. The van der Waals surface area contributed by atoms with Gasteiger partial charge in [0.15, 0.2) is 0 Å². The lowest BCUT2D eigenvalue weighted by Crippen LogP contribution is -2.50. The van der Waals surface area contributed by atoms with Crippen LogP contribution in [0.1, 0.15) is 48.3 Å². The lowest BCUT2D eigenvalue weighted by molar-refractivity contribution is -0.136. The smallest absolute Gasteiger partial charge is 0.283 e. The normalized spacial score (nSPS) is 16.5. The molecule has 0 spiro atoms. The van der Waals surface area contributed by atoms with E-state index in [-0.39, 0.29) is 0 Å². The second kappa shape index (κ2) is 9.34. The quantitative estimate of drug-likeness (QED) is 0.608. The van der Waals surface area contributed by atoms with Crippen molar-refractivity contribution in [3.8, 4) is 0 Å². The standard InChI is InChI=1S/C20H23ClF4N4O/c1-12-4-3-5-14(10-12)11-27-6-8-28(9-7-27)20(30)13(2)29-17(19(24)25)15(21)16(26-29)18(22)23/h3-5,10,13,18-19H,6-9,11H2,1-2H3. The van der Waals surface area contributed by atoms with Gasteiger partial charge in [-0.2, -0.15) is 5.10 Å². The predicted octanol–water partition coefficient (Wildman–Crippen LogP) is 4.63. The monoisotopic (exact) mass is 446 g/mol. The first-order valence-corrected chi connectivity index (χ1v) is 9.97. The van der Waals surface area contributed by atoms with E-state index in [1.165, 1.54) is 18.1 Å². The fourth-order valence-electron chi connectivity index (χ4n) is 3.64. The van der Waals surface area contributed by atoms with Crippen molar-refractivity contribution >= 4 is 17.5 Å². The zero-order valence-electron chi connectivity index (χ0n) is 16.7. The molecule has 10 heteroatoms. The lowest BCUT2D eigenvalue weighted by Gasteiger charge is -2.36. The molecule has 2 heterocycles. The number of piperazine rings is 1. The Bertz CT molecular complexity index is 897. The predicted molar refractivity (Wildman–Crippen MR) is 105 cm³/mol. The molecule has 1 aromatic heterocycles. The Kier molecular flexibility index (Phi) is 7.02. The van der Waals surface area contributed by atoms with E-state index >= 15 is 0 Å². The summed E-state index contributed by atoms with van der Waals surface area (Å²) in [7, 11) is 0. The van der Waals surface area contributed by atoms with E-state index < -0.39 is 41.2 Å². The van der Waals surface area contributed by atoms with Crippen LogP contribution < -0.4 is 0 Å². The molecule has 3 rings (SSSR count). The molecule has 1 atom stereocenters. The summed E-state index contributed by atoms with van der Waals surface area (Å²) in [5.41, 5.74) is 0.557. The molecule has 0 radical (unpaired) electrons. The zero-order valence-corrected chi connectivity index (χ0v) is 17.4. The Balaban J connectivity index is 1.67. The van der Waals surface area contributed by atoms with E-state index in [0.717, 1.165) is 6.54 Å². The number of aryl methyl sites for hydroxylation is 1. The van der Waals surface area contributed by atoms with Gasteiger partial charge in [0, 0.05) is 32.7 Å². The second-order valence-corrected chi connectivity index (χ2v) is 7.77. The summed E-state index contributed by atoms with van der Waals surface area (Å²) in [4.78, 5) is 16.6. The third kappa shape index (κ3) is 4.78. The van der Waals surface area contributed by atoms with E-state index in [9.17, 15) is 22.4 Å². The van der Waals surface area contributed by atoms with E-state index in [4.69, 9.17) is 11.6 Å². The first-order valence-electron chi connectivity index (χ1n) is 9.59. The van der Waals surface area contributed by atoms with Crippen LogP contribution in [-0.4, -0.2) is 51.7 Å². The Morgan fingerprint density at radius 3 is 2.37 bits per heavy atom. The van der Waals surface area contributed by atoms with E-state index in [0.29, 0.717) is 30.9 Å². The molecular weight excluding hydrogens is 424 g/mol. The highest BCUT2D eigenvalue weighted by Gasteiger charge is 2.34. The number of carbonyl (C=O) groups excluding carboxylic acids is 1. The van der Waals surface area contributed by atoms with Crippen molar-refractivity contribution in [1.82, 2.24) is 19.6 Å². The Labute approximate surface area is 177 Å². The van der Waals surface area contributed by atoms with E-state index in [2.05, 4.69) is 16.1 Å². The Hall–Kier alpha value is -2.13. The molecule has 0 aliphatic carbocycles. The summed E-state index contributed by atoms with van der Waals surface area (Å²) in [6, 6.07) is 7.00. The molecule has 0 N–H and O–H groups in total. The Morgan fingerprint density at radius 1 is 1.13 bits per heavy atom. The van der Waals surface area contributed by atoms with Crippen LogP contribution in [0.2, 0.25) is 5.02 Å². The minimum Gasteiger partial charge on any atom is -0.338 e. The van der Waals surface area contributed by atoms with Gasteiger partial charge in [-0.3, -0.25) is 9.69 Å². The first-order chi connectivity index (χ1) is 14.2. The molecule has 164 valence electrons. The van der Waals surface area contributed by atoms with E-state index in [1.54, 1.807) is 4.90 Å². The Morgan fingerprint density at radius 2 is 1.80 bits per heavy atom. The fraction of sp³-hybridized carbons (Fsp3) is 0.500. The molecule has 1 unspecified atom stereocenters. The number of carbonyl (C=O) groups is 1. The van der Waals surface area contributed by atoms with Crippen LogP contribution in [0, 0.1) is 6.92 Å². The molecule has 5 nitrogen and oxygen atoms in total. The number of benzene rings is 1. The topological polar surface area (TPSA) is 41.4 Å². The number of hydrogen-bond donors (Lipinski definition) is 0. The summed E-state index contributed by atoms with van der Waals surface area (Å²) in [6.07, 6.45) is -6.23. The van der Waals surface area contributed by atoms with Crippen LogP contribution >= 0.6 is 11.6 Å². The number of hydrogen-bond acceptors (Lipinski definition) is 3. The minimum absolute atomic E-state index is 0.412. The number of amides is 1. The van der Waals surface area contributed by atoms with Gasteiger partial charge in [-0.15, -0.1) is 0 Å². The average molecular weight is 447 g/mol. The van der Waals surface area contributed by atoms with Crippen molar-refractivity contribution in [1.29, 1.82) is 0 Å². The summed E-state index contributed by atoms with van der Waals surface area (Å²) in [5.74, 6) is -0.452. The largest absolute Gasteiger partial charge is 0.338 e. The van der Waals surface area contributed by atoms with Crippen molar-refractivity contribution in [2.45, 2.75) is 39.3 Å². The van der Waals surface area contributed by atoms with Crippen LogP contribution in [0.25, 0.3) is 0 Å². The molecule has 1 aliphatic heterocycles. The van der Waals surface area contributed by atoms with Gasteiger partial charge < -0.3 is 4.90 Å². The van der Waals surface area contributed by atoms with Gasteiger partial charge in [0.05, 0.1) is 5.02 Å². The first kappa shape index (κ1) is 22.6. The van der Waals surface area contributed by atoms with Gasteiger partial charge in [0.25, 0.3) is 12.9 Å². The van der Waals surface area contributed by atoms with Crippen molar-refractivity contribution in [3.63, 3.8) is 0 Å². The van der Waals surface area contributed by atoms with Crippen LogP contribution in [-0.2, 0) is 11.3 Å². The summed E-state index contributed by atoms with van der Waals surface area (Å²) >= 11 is 5.69. The van der Waals surface area contributed by atoms with Gasteiger partial charge >= 0.3 is 0 Å². The molecule has 1 fully saturated rings. The molecule has 1 saturated heterocycles. The van der Waals surface area contributed by atoms with Crippen LogP contribution in [0.5, 0.6) is 0 Å². The molecule has 30 heavy (non-hydrogen) atoms. The maximum absolute atomic E-state index is 13.4. The highest BCUT2D eigenvalue weighted by Crippen LogP contribution is 2.36. The van der Waals surface area contributed by atoms with Gasteiger partial charge in [-0.25, -0.2) is 22.2 Å². The number of aromatic nitrogens is 2. The highest BCUT2D eigenvalue weighted by atomic mass is 35.5. The van der Waals surface area contributed by atoms with Crippen LogP contribution in [0.15, 0.2) is 24.3 Å². The zero-order chi connectivity index (χ0) is 22.0. The van der Waals surface area contributed by atoms with Gasteiger partial charge in [0.1, 0.15) is 17.4 Å². The summed E-state index contributed by atoms with van der Waals surface area (Å²) < 4.78 is 53.5. The SMILES string of the molecule is Cc1cccc(CN2CCN(C(=O)C(C)n3nc(C(F)F)c(Cl)c3C(F)F)CC2)c1. The molecule has 0 bridgehead atoms. The van der Waals surface area contributed by atoms with Crippen molar-refractivity contribution < 1.29 is 22.4 Å². The van der Waals surface area contributed by atoms with Crippen molar-refractivity contribution in [3.05, 3.63) is 51.8 Å². The maximum Gasteiger partial charge on any atom is 0.283 e. The molecular formula is C20H23ClF4N4O. The number of alkyl halides is 4. The molecule has 1 aromatic carbocycles. The van der Waals surface area contributed by atoms with E-state index in [1.807, 2.05) is 25.1 Å². The molecule has 1 aliphatic rings. The number of nitrogens with zero attached hydrogens (tertiary/aromatic N) is 4. The van der Waals surface area contributed by atoms with Gasteiger partial charge in [-0.1, -0.05) is 41.4 Å². The van der Waals surface area contributed by atoms with Gasteiger partial charge in [0.2, 0.25) is 5.91 Å². The number of rotatable bonds is 6. The third-order valence-electron chi connectivity index (χ3n) is 5.22. The van der Waals surface area contributed by atoms with Crippen LogP contribution in [0.4, 0.5) is 17.6 Å². The lowest BCUT2D eigenvalue weighted by atomic mass is 10.1. The number of halogens is 5.